The predicted octanol–water partition coefficient (Wildman–Crippen LogP) is 4.13. The summed E-state index contributed by atoms with van der Waals surface area (Å²) >= 11 is 1.75. The number of amides is 1. The number of hydrogen-bond acceptors (Lipinski definition) is 4. The Hall–Kier alpha value is -2.40. The van der Waals surface area contributed by atoms with Crippen LogP contribution in [0, 0.1) is 6.92 Å². The number of anilines is 1. The predicted molar refractivity (Wildman–Crippen MR) is 108 cm³/mol. The molecule has 2 aromatic carbocycles. The van der Waals surface area contributed by atoms with Gasteiger partial charge in [-0.1, -0.05) is 48.1 Å². The number of aryl methyl sites for hydroxylation is 2. The fourth-order valence-corrected chi connectivity index (χ4v) is 4.54. The van der Waals surface area contributed by atoms with Gasteiger partial charge >= 0.3 is 0 Å². The van der Waals surface area contributed by atoms with Gasteiger partial charge in [0.15, 0.2) is 5.13 Å². The Balaban J connectivity index is 1.47. The number of nitrogens with zero attached hydrogens (tertiary/aromatic N) is 3. The van der Waals surface area contributed by atoms with Crippen molar-refractivity contribution in [1.29, 1.82) is 0 Å². The number of carbonyl (C=O) groups excluding carboxylic acids is 1. The van der Waals surface area contributed by atoms with E-state index in [0.717, 1.165) is 54.4 Å². The van der Waals surface area contributed by atoms with Crippen LogP contribution < -0.4 is 4.90 Å². The zero-order chi connectivity index (χ0) is 18.1. The van der Waals surface area contributed by atoms with Crippen LogP contribution in [-0.4, -0.2) is 42.0 Å². The second-order valence-corrected chi connectivity index (χ2v) is 7.77. The first kappa shape index (κ1) is 17.0. The molecule has 0 saturated carbocycles. The van der Waals surface area contributed by atoms with Crippen LogP contribution in [0.3, 0.4) is 0 Å². The summed E-state index contributed by atoms with van der Waals surface area (Å²) in [6, 6.07) is 14.3. The minimum atomic E-state index is 0.130. The van der Waals surface area contributed by atoms with Gasteiger partial charge < -0.3 is 9.80 Å². The van der Waals surface area contributed by atoms with Crippen molar-refractivity contribution in [3.8, 4) is 0 Å². The van der Waals surface area contributed by atoms with Gasteiger partial charge in [-0.3, -0.25) is 4.79 Å². The molecule has 1 fully saturated rings. The number of rotatable bonds is 3. The molecule has 1 amide bonds. The van der Waals surface area contributed by atoms with E-state index in [1.807, 2.05) is 36.1 Å². The summed E-state index contributed by atoms with van der Waals surface area (Å²) in [5.74, 6) is 0.130. The summed E-state index contributed by atoms with van der Waals surface area (Å²) in [6.07, 6.45) is 0.999. The van der Waals surface area contributed by atoms with Gasteiger partial charge in [-0.2, -0.15) is 0 Å². The van der Waals surface area contributed by atoms with Gasteiger partial charge in [0.1, 0.15) is 0 Å². The summed E-state index contributed by atoms with van der Waals surface area (Å²) in [4.78, 5) is 21.9. The molecule has 0 radical (unpaired) electrons. The number of fused-ring (bicyclic) bond motifs is 1. The average molecular weight is 366 g/mol. The van der Waals surface area contributed by atoms with Crippen molar-refractivity contribution in [2.75, 3.05) is 31.1 Å². The van der Waals surface area contributed by atoms with Crippen molar-refractivity contribution in [3.63, 3.8) is 0 Å². The Bertz CT molecular complexity index is 941. The van der Waals surface area contributed by atoms with Crippen LogP contribution in [0.4, 0.5) is 5.13 Å². The second kappa shape index (κ2) is 7.08. The highest BCUT2D eigenvalue weighted by atomic mass is 32.1. The third-order valence-electron chi connectivity index (χ3n) is 4.97. The van der Waals surface area contributed by atoms with Crippen LogP contribution in [0.25, 0.3) is 10.2 Å². The zero-order valence-electron chi connectivity index (χ0n) is 15.2. The Morgan fingerprint density at radius 3 is 2.62 bits per heavy atom. The lowest BCUT2D eigenvalue weighted by molar-refractivity contribution is 0.0746. The molecule has 0 N–H and O–H groups in total. The Kier molecular flexibility index (Phi) is 4.64. The molecule has 1 saturated heterocycles. The van der Waals surface area contributed by atoms with E-state index < -0.39 is 0 Å². The van der Waals surface area contributed by atoms with E-state index in [0.29, 0.717) is 0 Å². The van der Waals surface area contributed by atoms with E-state index >= 15 is 0 Å². The van der Waals surface area contributed by atoms with E-state index in [1.54, 1.807) is 11.3 Å². The highest BCUT2D eigenvalue weighted by Gasteiger charge is 2.24. The lowest BCUT2D eigenvalue weighted by Crippen LogP contribution is -2.48. The maximum Gasteiger partial charge on any atom is 0.253 e. The molecule has 4 nitrogen and oxygen atoms in total. The first-order valence-corrected chi connectivity index (χ1v) is 9.96. The first-order valence-electron chi connectivity index (χ1n) is 9.15. The average Bonchev–Trinajstić information content (AvgIpc) is 3.12. The van der Waals surface area contributed by atoms with Crippen LogP contribution in [0.1, 0.15) is 28.4 Å². The van der Waals surface area contributed by atoms with Gasteiger partial charge in [0.05, 0.1) is 10.2 Å². The molecule has 134 valence electrons. The molecule has 0 bridgehead atoms. The normalized spacial score (nSPS) is 14.8. The summed E-state index contributed by atoms with van der Waals surface area (Å²) < 4.78 is 1.25. The number of benzene rings is 2. The molecule has 1 aromatic heterocycles. The standard InChI is InChI=1S/C21H23N3OS/c1-3-16-7-5-9-18-19(16)22-21(26-18)24-12-10-23(11-13-24)20(25)17-8-4-6-15(2)14-17/h4-9,14H,3,10-13H2,1-2H3. The van der Waals surface area contributed by atoms with Crippen molar-refractivity contribution in [2.24, 2.45) is 0 Å². The zero-order valence-corrected chi connectivity index (χ0v) is 16.1. The smallest absolute Gasteiger partial charge is 0.253 e. The van der Waals surface area contributed by atoms with Gasteiger partial charge in [-0.25, -0.2) is 4.98 Å². The molecule has 0 atom stereocenters. The molecule has 2 heterocycles. The molecule has 0 spiro atoms. The number of thiazole rings is 1. The molecule has 26 heavy (non-hydrogen) atoms. The summed E-state index contributed by atoms with van der Waals surface area (Å²) in [5, 5.41) is 1.07. The highest BCUT2D eigenvalue weighted by Crippen LogP contribution is 2.31. The molecular formula is C21H23N3OS. The van der Waals surface area contributed by atoms with Crippen LogP contribution in [0.2, 0.25) is 0 Å². The van der Waals surface area contributed by atoms with Crippen LogP contribution in [-0.2, 0) is 6.42 Å². The van der Waals surface area contributed by atoms with Crippen molar-refractivity contribution < 1.29 is 4.79 Å². The minimum Gasteiger partial charge on any atom is -0.345 e. The fourth-order valence-electron chi connectivity index (χ4n) is 3.48. The fraction of sp³-hybridized carbons (Fsp3) is 0.333. The van der Waals surface area contributed by atoms with Gasteiger partial charge in [0.2, 0.25) is 0 Å². The third-order valence-corrected chi connectivity index (χ3v) is 6.06. The molecular weight excluding hydrogens is 342 g/mol. The maximum atomic E-state index is 12.7. The Morgan fingerprint density at radius 1 is 1.12 bits per heavy atom. The topological polar surface area (TPSA) is 36.4 Å². The highest BCUT2D eigenvalue weighted by molar-refractivity contribution is 7.22. The Morgan fingerprint density at radius 2 is 1.88 bits per heavy atom. The van der Waals surface area contributed by atoms with Crippen molar-refractivity contribution >= 4 is 32.6 Å². The third kappa shape index (κ3) is 3.19. The second-order valence-electron chi connectivity index (χ2n) is 6.76. The quantitative estimate of drug-likeness (QED) is 0.700. The van der Waals surface area contributed by atoms with Gasteiger partial charge in [-0.15, -0.1) is 0 Å². The summed E-state index contributed by atoms with van der Waals surface area (Å²) in [7, 11) is 0. The lowest BCUT2D eigenvalue weighted by Gasteiger charge is -2.34. The maximum absolute atomic E-state index is 12.7. The number of hydrogen-bond donors (Lipinski definition) is 0. The molecule has 4 rings (SSSR count). The van der Waals surface area contributed by atoms with Crippen molar-refractivity contribution in [3.05, 3.63) is 59.2 Å². The summed E-state index contributed by atoms with van der Waals surface area (Å²) in [6.45, 7) is 7.33. The van der Waals surface area contributed by atoms with E-state index in [4.69, 9.17) is 4.98 Å². The molecule has 5 heteroatoms. The molecule has 1 aliphatic rings. The lowest BCUT2D eigenvalue weighted by atomic mass is 10.1. The number of carbonyl (C=O) groups is 1. The van der Waals surface area contributed by atoms with Crippen LogP contribution in [0.15, 0.2) is 42.5 Å². The van der Waals surface area contributed by atoms with Gasteiger partial charge in [0, 0.05) is 31.7 Å². The van der Waals surface area contributed by atoms with E-state index in [2.05, 4.69) is 30.0 Å². The van der Waals surface area contributed by atoms with Gasteiger partial charge in [-0.05, 0) is 37.1 Å². The van der Waals surface area contributed by atoms with Crippen molar-refractivity contribution in [1.82, 2.24) is 9.88 Å². The van der Waals surface area contributed by atoms with Crippen molar-refractivity contribution in [2.45, 2.75) is 20.3 Å². The van der Waals surface area contributed by atoms with E-state index in [-0.39, 0.29) is 5.91 Å². The van der Waals surface area contributed by atoms with Crippen LogP contribution >= 0.6 is 11.3 Å². The monoisotopic (exact) mass is 365 g/mol. The minimum absolute atomic E-state index is 0.130. The molecule has 1 aliphatic heterocycles. The molecule has 3 aromatic rings. The Labute approximate surface area is 158 Å². The number of piperazine rings is 1. The van der Waals surface area contributed by atoms with Gasteiger partial charge in [0.25, 0.3) is 5.91 Å². The number of aromatic nitrogens is 1. The molecule has 0 aliphatic carbocycles. The first-order chi connectivity index (χ1) is 12.7. The van der Waals surface area contributed by atoms with Crippen LogP contribution in [0.5, 0.6) is 0 Å². The summed E-state index contributed by atoms with van der Waals surface area (Å²) in [5.41, 5.74) is 4.34. The van der Waals surface area contributed by atoms with E-state index in [9.17, 15) is 4.79 Å². The SMILES string of the molecule is CCc1cccc2sc(N3CCN(C(=O)c4cccc(C)c4)CC3)nc12. The molecule has 0 unspecified atom stereocenters. The van der Waals surface area contributed by atoms with E-state index in [1.165, 1.54) is 10.3 Å². The number of para-hydroxylation sites is 1. The largest absolute Gasteiger partial charge is 0.345 e.